The number of hydrogen-bond donors (Lipinski definition) is 1. The normalized spacial score (nSPS) is 17.2. The maximum atomic E-state index is 13.0. The van der Waals surface area contributed by atoms with Crippen molar-refractivity contribution in [2.24, 2.45) is 0 Å². The average molecular weight is 413 g/mol. The number of methoxy groups -OCH3 is 1. The molecule has 1 aliphatic heterocycles. The van der Waals surface area contributed by atoms with Gasteiger partial charge in [0.05, 0.1) is 18.1 Å². The molecule has 2 rings (SSSR count). The Hall–Kier alpha value is -2.13. The van der Waals surface area contributed by atoms with Crippen LogP contribution in [-0.2, 0) is 24.3 Å². The number of nitrogens with one attached hydrogen (secondary N) is 1. The lowest BCUT2D eigenvalue weighted by Crippen LogP contribution is -2.47. The summed E-state index contributed by atoms with van der Waals surface area (Å²) in [4.78, 5) is 24.8. The van der Waals surface area contributed by atoms with Gasteiger partial charge in [-0.3, -0.25) is 9.59 Å². The molecule has 1 atom stereocenters. The molecule has 0 radical (unpaired) electrons. The Balaban J connectivity index is 2.12. The zero-order valence-electron chi connectivity index (χ0n) is 16.7. The first-order chi connectivity index (χ1) is 13.2. The Bertz CT molecular complexity index is 822. The lowest BCUT2D eigenvalue weighted by Gasteiger charge is -2.24. The van der Waals surface area contributed by atoms with Gasteiger partial charge in [-0.15, -0.1) is 0 Å². The highest BCUT2D eigenvalue weighted by Gasteiger charge is 2.44. The van der Waals surface area contributed by atoms with Crippen LogP contribution in [-0.4, -0.2) is 56.9 Å². The zero-order valence-corrected chi connectivity index (χ0v) is 17.5. The molecule has 1 aliphatic rings. The number of carbonyl (C=O) groups excluding carboxylic acids is 2. The van der Waals surface area contributed by atoms with E-state index in [9.17, 15) is 18.0 Å². The van der Waals surface area contributed by atoms with Crippen LogP contribution < -0.4 is 10.1 Å². The minimum absolute atomic E-state index is 0.0168. The first-order valence-electron chi connectivity index (χ1n) is 9.29. The zero-order chi connectivity index (χ0) is 20.9. The Morgan fingerprint density at radius 1 is 1.36 bits per heavy atom. The first-order valence-corrected chi connectivity index (χ1v) is 10.7. The number of benzene rings is 1. The Labute approximate surface area is 166 Å². The number of hydrogen-bond acceptors (Lipinski definition) is 6. The average Bonchev–Trinajstić information content (AvgIpc) is 3.03. The number of ether oxygens (including phenoxy) is 2. The van der Waals surface area contributed by atoms with Gasteiger partial charge >= 0.3 is 0 Å². The van der Waals surface area contributed by atoms with Crippen LogP contribution in [0.15, 0.2) is 23.1 Å². The van der Waals surface area contributed by atoms with Crippen molar-refractivity contribution < 1.29 is 27.5 Å². The smallest absolute Gasteiger partial charge is 0.267 e. The Kier molecular flexibility index (Phi) is 7.42. The van der Waals surface area contributed by atoms with E-state index in [0.717, 1.165) is 0 Å². The van der Waals surface area contributed by atoms with E-state index in [0.29, 0.717) is 35.2 Å². The standard InChI is InChI=1S/C19H28N2O6S/c1-13(2)27-11-5-10-20-19(23)16-7-9-18(22)21(16)28(24,25)15-6-8-17(26-4)14(3)12-15/h6,8,12-13,16H,5,7,9-11H2,1-4H3,(H,20,23)/t16-/m1/s1. The number of aryl methyl sites for hydroxylation is 1. The lowest BCUT2D eigenvalue weighted by molar-refractivity contribution is -0.130. The third-order valence-electron chi connectivity index (χ3n) is 4.46. The molecule has 0 spiro atoms. The fourth-order valence-electron chi connectivity index (χ4n) is 3.05. The summed E-state index contributed by atoms with van der Waals surface area (Å²) in [5, 5.41) is 2.70. The summed E-state index contributed by atoms with van der Waals surface area (Å²) < 4.78 is 37.3. The summed E-state index contributed by atoms with van der Waals surface area (Å²) in [6.07, 6.45) is 0.899. The van der Waals surface area contributed by atoms with Gasteiger partial charge in [0.1, 0.15) is 11.8 Å². The fourth-order valence-corrected chi connectivity index (χ4v) is 4.73. The second-order valence-electron chi connectivity index (χ2n) is 6.94. The van der Waals surface area contributed by atoms with E-state index in [1.54, 1.807) is 6.92 Å². The Morgan fingerprint density at radius 3 is 2.68 bits per heavy atom. The molecular weight excluding hydrogens is 384 g/mol. The van der Waals surface area contributed by atoms with Crippen LogP contribution >= 0.6 is 0 Å². The molecule has 2 amide bonds. The molecule has 0 saturated carbocycles. The van der Waals surface area contributed by atoms with Crippen molar-refractivity contribution in [3.8, 4) is 5.75 Å². The monoisotopic (exact) mass is 412 g/mol. The molecule has 1 fully saturated rings. The van der Waals surface area contributed by atoms with Crippen molar-refractivity contribution in [2.75, 3.05) is 20.3 Å². The molecule has 0 aliphatic carbocycles. The van der Waals surface area contributed by atoms with E-state index < -0.39 is 27.9 Å². The van der Waals surface area contributed by atoms with E-state index in [1.807, 2.05) is 13.8 Å². The molecule has 8 nitrogen and oxygen atoms in total. The largest absolute Gasteiger partial charge is 0.496 e. The van der Waals surface area contributed by atoms with Crippen LogP contribution in [0.1, 0.15) is 38.7 Å². The lowest BCUT2D eigenvalue weighted by atomic mass is 10.2. The van der Waals surface area contributed by atoms with Gasteiger partial charge in [-0.05, 0) is 57.4 Å². The predicted molar refractivity (Wildman–Crippen MR) is 103 cm³/mol. The van der Waals surface area contributed by atoms with Crippen molar-refractivity contribution >= 4 is 21.8 Å². The summed E-state index contributed by atoms with van der Waals surface area (Å²) in [7, 11) is -2.64. The van der Waals surface area contributed by atoms with Gasteiger partial charge in [0.25, 0.3) is 10.0 Å². The maximum Gasteiger partial charge on any atom is 0.267 e. The minimum Gasteiger partial charge on any atom is -0.496 e. The van der Waals surface area contributed by atoms with E-state index >= 15 is 0 Å². The van der Waals surface area contributed by atoms with E-state index in [2.05, 4.69) is 5.32 Å². The van der Waals surface area contributed by atoms with Gasteiger partial charge in [-0.1, -0.05) is 0 Å². The van der Waals surface area contributed by atoms with E-state index in [4.69, 9.17) is 9.47 Å². The van der Waals surface area contributed by atoms with E-state index in [1.165, 1.54) is 25.3 Å². The van der Waals surface area contributed by atoms with Gasteiger partial charge in [-0.2, -0.15) is 0 Å². The van der Waals surface area contributed by atoms with Gasteiger partial charge in [-0.25, -0.2) is 12.7 Å². The summed E-state index contributed by atoms with van der Waals surface area (Å²) in [5.74, 6) is -0.495. The number of rotatable bonds is 9. The predicted octanol–water partition coefficient (Wildman–Crippen LogP) is 1.61. The van der Waals surface area contributed by atoms with Crippen LogP contribution in [0.3, 0.4) is 0 Å². The topological polar surface area (TPSA) is 102 Å². The highest BCUT2D eigenvalue weighted by atomic mass is 32.2. The molecule has 1 aromatic carbocycles. The van der Waals surface area contributed by atoms with Crippen LogP contribution in [0.5, 0.6) is 5.75 Å². The molecular formula is C19H28N2O6S. The summed E-state index contributed by atoms with van der Waals surface area (Å²) in [5.41, 5.74) is 0.626. The highest BCUT2D eigenvalue weighted by Crippen LogP contribution is 2.29. The van der Waals surface area contributed by atoms with Gasteiger partial charge < -0.3 is 14.8 Å². The summed E-state index contributed by atoms with van der Waals surface area (Å²) in [6.45, 7) is 6.41. The molecule has 0 aromatic heterocycles. The van der Waals surface area contributed by atoms with Crippen molar-refractivity contribution in [2.45, 2.75) is 57.1 Å². The molecule has 0 bridgehead atoms. The van der Waals surface area contributed by atoms with Gasteiger partial charge in [0.15, 0.2) is 0 Å². The molecule has 9 heteroatoms. The van der Waals surface area contributed by atoms with E-state index in [-0.39, 0.29) is 23.8 Å². The molecule has 156 valence electrons. The van der Waals surface area contributed by atoms with Crippen LogP contribution in [0.4, 0.5) is 0 Å². The molecule has 1 saturated heterocycles. The van der Waals surface area contributed by atoms with Crippen LogP contribution in [0.2, 0.25) is 0 Å². The summed E-state index contributed by atoms with van der Waals surface area (Å²) in [6, 6.07) is 3.32. The second-order valence-corrected chi connectivity index (χ2v) is 8.76. The number of sulfonamides is 1. The van der Waals surface area contributed by atoms with Crippen molar-refractivity contribution in [3.05, 3.63) is 23.8 Å². The highest BCUT2D eigenvalue weighted by molar-refractivity contribution is 7.89. The minimum atomic E-state index is -4.13. The molecule has 28 heavy (non-hydrogen) atoms. The van der Waals surface area contributed by atoms with Crippen molar-refractivity contribution in [1.29, 1.82) is 0 Å². The first kappa shape index (κ1) is 22.2. The fraction of sp³-hybridized carbons (Fsp3) is 0.579. The molecule has 1 aromatic rings. The van der Waals surface area contributed by atoms with Gasteiger partial charge in [0, 0.05) is 19.6 Å². The Morgan fingerprint density at radius 2 is 2.07 bits per heavy atom. The second kappa shape index (κ2) is 9.38. The third kappa shape index (κ3) is 5.02. The number of nitrogens with zero attached hydrogens (tertiary/aromatic N) is 1. The molecule has 1 N–H and O–H groups in total. The van der Waals surface area contributed by atoms with Gasteiger partial charge in [0.2, 0.25) is 11.8 Å². The van der Waals surface area contributed by atoms with Crippen LogP contribution in [0.25, 0.3) is 0 Å². The quantitative estimate of drug-likeness (QED) is 0.619. The van der Waals surface area contributed by atoms with Crippen molar-refractivity contribution in [3.63, 3.8) is 0 Å². The number of amides is 2. The third-order valence-corrected chi connectivity index (χ3v) is 6.28. The van der Waals surface area contributed by atoms with Crippen molar-refractivity contribution in [1.82, 2.24) is 9.62 Å². The van der Waals surface area contributed by atoms with Crippen LogP contribution in [0, 0.1) is 6.92 Å². The molecule has 0 unspecified atom stereocenters. The SMILES string of the molecule is COc1ccc(S(=O)(=O)N2C(=O)CC[C@@H]2C(=O)NCCCOC(C)C)cc1C. The molecule has 1 heterocycles. The number of carbonyl (C=O) groups is 2. The maximum absolute atomic E-state index is 13.0. The summed E-state index contributed by atoms with van der Waals surface area (Å²) >= 11 is 0.